The van der Waals surface area contributed by atoms with Gasteiger partial charge in [-0.15, -0.1) is 0 Å². The summed E-state index contributed by atoms with van der Waals surface area (Å²) in [4.78, 5) is 35.1. The van der Waals surface area contributed by atoms with E-state index in [1.807, 2.05) is 0 Å². The SMILES string of the molecule is O=C(O)CCCCN1C(=O)C2CCC(O2)C1=O. The van der Waals surface area contributed by atoms with Gasteiger partial charge in [-0.2, -0.15) is 0 Å². The number of carbonyl (C=O) groups excluding carboxylic acids is 2. The molecule has 2 bridgehead atoms. The zero-order valence-electron chi connectivity index (χ0n) is 9.42. The number of hydrogen-bond donors (Lipinski definition) is 1. The van der Waals surface area contributed by atoms with Gasteiger partial charge in [0.2, 0.25) is 0 Å². The second-order valence-corrected chi connectivity index (χ2v) is 4.37. The van der Waals surface area contributed by atoms with Crippen LogP contribution in [-0.2, 0) is 19.1 Å². The summed E-state index contributed by atoms with van der Waals surface area (Å²) in [5, 5.41) is 8.48. The van der Waals surface area contributed by atoms with Gasteiger partial charge in [-0.3, -0.25) is 19.3 Å². The van der Waals surface area contributed by atoms with Crippen LogP contribution in [0.3, 0.4) is 0 Å². The van der Waals surface area contributed by atoms with E-state index in [1.165, 1.54) is 4.90 Å². The van der Waals surface area contributed by atoms with Gasteiger partial charge >= 0.3 is 5.97 Å². The molecule has 6 heteroatoms. The monoisotopic (exact) mass is 241 g/mol. The number of morpholine rings is 1. The molecular weight excluding hydrogens is 226 g/mol. The molecule has 2 fully saturated rings. The normalized spacial score (nSPS) is 27.6. The van der Waals surface area contributed by atoms with Crippen LogP contribution in [0.4, 0.5) is 0 Å². The molecule has 0 aromatic carbocycles. The number of ether oxygens (including phenoxy) is 1. The van der Waals surface area contributed by atoms with Crippen molar-refractivity contribution in [1.29, 1.82) is 0 Å². The summed E-state index contributed by atoms with van der Waals surface area (Å²) >= 11 is 0. The highest BCUT2D eigenvalue weighted by molar-refractivity contribution is 6.02. The van der Waals surface area contributed by atoms with Crippen LogP contribution in [0.5, 0.6) is 0 Å². The minimum atomic E-state index is -0.857. The fourth-order valence-corrected chi connectivity index (χ4v) is 2.22. The quantitative estimate of drug-likeness (QED) is 0.547. The van der Waals surface area contributed by atoms with E-state index in [0.717, 1.165) is 0 Å². The van der Waals surface area contributed by atoms with Gasteiger partial charge in [0.1, 0.15) is 12.2 Å². The van der Waals surface area contributed by atoms with Gasteiger partial charge < -0.3 is 9.84 Å². The van der Waals surface area contributed by atoms with E-state index in [0.29, 0.717) is 32.2 Å². The Kier molecular flexibility index (Phi) is 3.42. The van der Waals surface area contributed by atoms with E-state index in [-0.39, 0.29) is 18.2 Å². The van der Waals surface area contributed by atoms with Crippen molar-refractivity contribution < 1.29 is 24.2 Å². The van der Waals surface area contributed by atoms with Crippen molar-refractivity contribution in [2.24, 2.45) is 0 Å². The Morgan fingerprint density at radius 2 is 1.82 bits per heavy atom. The van der Waals surface area contributed by atoms with Crippen molar-refractivity contribution in [1.82, 2.24) is 4.90 Å². The first-order valence-corrected chi connectivity index (χ1v) is 5.82. The lowest BCUT2D eigenvalue weighted by Crippen LogP contribution is -2.51. The third kappa shape index (κ3) is 2.46. The number of rotatable bonds is 5. The van der Waals surface area contributed by atoms with Gasteiger partial charge in [-0.25, -0.2) is 0 Å². The van der Waals surface area contributed by atoms with Crippen LogP contribution in [0.1, 0.15) is 32.1 Å². The molecule has 2 aliphatic rings. The zero-order valence-corrected chi connectivity index (χ0v) is 9.42. The van der Waals surface area contributed by atoms with E-state index < -0.39 is 18.2 Å². The number of carboxylic acid groups (broad SMARTS) is 1. The van der Waals surface area contributed by atoms with E-state index in [1.54, 1.807) is 0 Å². The lowest BCUT2D eigenvalue weighted by Gasteiger charge is -2.29. The molecular formula is C11H15NO5. The molecule has 0 aromatic heterocycles. The molecule has 1 N–H and O–H groups in total. The smallest absolute Gasteiger partial charge is 0.303 e. The first kappa shape index (κ1) is 12.0. The van der Waals surface area contributed by atoms with E-state index in [2.05, 4.69) is 0 Å². The van der Waals surface area contributed by atoms with Crippen molar-refractivity contribution in [3.05, 3.63) is 0 Å². The highest BCUT2D eigenvalue weighted by atomic mass is 16.5. The lowest BCUT2D eigenvalue weighted by molar-refractivity contribution is -0.168. The second kappa shape index (κ2) is 4.83. The Hall–Kier alpha value is -1.43. The van der Waals surface area contributed by atoms with Gasteiger partial charge in [0, 0.05) is 13.0 Å². The average molecular weight is 241 g/mol. The number of fused-ring (bicyclic) bond motifs is 2. The Morgan fingerprint density at radius 1 is 1.24 bits per heavy atom. The molecule has 0 aromatic rings. The van der Waals surface area contributed by atoms with Crippen molar-refractivity contribution in [3.63, 3.8) is 0 Å². The van der Waals surface area contributed by atoms with Gasteiger partial charge in [0.05, 0.1) is 0 Å². The Morgan fingerprint density at radius 3 is 2.35 bits per heavy atom. The maximum atomic E-state index is 11.8. The molecule has 0 spiro atoms. The van der Waals surface area contributed by atoms with Crippen LogP contribution in [-0.4, -0.2) is 46.5 Å². The number of unbranched alkanes of at least 4 members (excludes halogenated alkanes) is 1. The van der Waals surface area contributed by atoms with E-state index >= 15 is 0 Å². The first-order valence-electron chi connectivity index (χ1n) is 5.82. The predicted octanol–water partition coefficient (Wildman–Crippen LogP) is 0.158. The zero-order chi connectivity index (χ0) is 12.4. The predicted molar refractivity (Wildman–Crippen MR) is 56.1 cm³/mol. The fraction of sp³-hybridized carbons (Fsp3) is 0.727. The number of amides is 2. The summed E-state index contributed by atoms with van der Waals surface area (Å²) in [7, 11) is 0. The number of carbonyl (C=O) groups is 3. The second-order valence-electron chi connectivity index (χ2n) is 4.37. The molecule has 6 nitrogen and oxygen atoms in total. The molecule has 17 heavy (non-hydrogen) atoms. The number of aliphatic carboxylic acids is 1. The fourth-order valence-electron chi connectivity index (χ4n) is 2.22. The van der Waals surface area contributed by atoms with Crippen LogP contribution in [0.25, 0.3) is 0 Å². The van der Waals surface area contributed by atoms with Crippen molar-refractivity contribution in [3.8, 4) is 0 Å². The molecule has 2 saturated heterocycles. The standard InChI is InChI=1S/C11H15NO5/c13-9(14)3-1-2-6-12-10(15)7-4-5-8(17-7)11(12)16/h7-8H,1-6H2,(H,13,14). The van der Waals surface area contributed by atoms with Crippen LogP contribution in [0, 0.1) is 0 Å². The molecule has 0 saturated carbocycles. The van der Waals surface area contributed by atoms with Crippen molar-refractivity contribution in [2.45, 2.75) is 44.3 Å². The van der Waals surface area contributed by atoms with Gasteiger partial charge in [0.25, 0.3) is 11.8 Å². The topological polar surface area (TPSA) is 83.9 Å². The summed E-state index contributed by atoms with van der Waals surface area (Å²) in [6.45, 7) is 0.307. The third-order valence-corrected chi connectivity index (χ3v) is 3.12. The van der Waals surface area contributed by atoms with Crippen LogP contribution in [0.15, 0.2) is 0 Å². The molecule has 2 aliphatic heterocycles. The van der Waals surface area contributed by atoms with Gasteiger partial charge in [-0.1, -0.05) is 0 Å². The highest BCUT2D eigenvalue weighted by Gasteiger charge is 2.45. The van der Waals surface area contributed by atoms with Gasteiger partial charge in [-0.05, 0) is 25.7 Å². The highest BCUT2D eigenvalue weighted by Crippen LogP contribution is 2.28. The number of nitrogens with zero attached hydrogens (tertiary/aromatic N) is 1. The summed E-state index contributed by atoms with van der Waals surface area (Å²) in [5.74, 6) is -1.39. The minimum Gasteiger partial charge on any atom is -0.481 e. The summed E-state index contributed by atoms with van der Waals surface area (Å²) in [6, 6.07) is 0. The van der Waals surface area contributed by atoms with Crippen molar-refractivity contribution >= 4 is 17.8 Å². The van der Waals surface area contributed by atoms with Gasteiger partial charge in [0.15, 0.2) is 0 Å². The minimum absolute atomic E-state index is 0.0690. The van der Waals surface area contributed by atoms with Crippen molar-refractivity contribution in [2.75, 3.05) is 6.54 Å². The molecule has 2 rings (SSSR count). The van der Waals surface area contributed by atoms with Crippen LogP contribution >= 0.6 is 0 Å². The maximum absolute atomic E-state index is 11.8. The van der Waals surface area contributed by atoms with Crippen LogP contribution in [0.2, 0.25) is 0 Å². The lowest BCUT2D eigenvalue weighted by atomic mass is 10.2. The Labute approximate surface area is 98.5 Å². The summed E-state index contributed by atoms with van der Waals surface area (Å²) in [6.07, 6.45) is 1.38. The number of carboxylic acids is 1. The molecule has 0 radical (unpaired) electrons. The van der Waals surface area contributed by atoms with E-state index in [9.17, 15) is 14.4 Å². The Bertz CT molecular complexity index is 332. The number of hydrogen-bond acceptors (Lipinski definition) is 4. The molecule has 2 atom stereocenters. The largest absolute Gasteiger partial charge is 0.481 e. The summed E-state index contributed by atoms with van der Waals surface area (Å²) < 4.78 is 5.26. The molecule has 2 amide bonds. The molecule has 0 aliphatic carbocycles. The summed E-state index contributed by atoms with van der Waals surface area (Å²) in [5.41, 5.74) is 0. The maximum Gasteiger partial charge on any atom is 0.303 e. The Balaban J connectivity index is 1.85. The number of likely N-dealkylation sites (tertiary alicyclic amines) is 1. The number of imide groups is 1. The molecule has 2 heterocycles. The molecule has 2 unspecified atom stereocenters. The van der Waals surface area contributed by atoms with Crippen LogP contribution < -0.4 is 0 Å². The average Bonchev–Trinajstić information content (AvgIpc) is 2.72. The third-order valence-electron chi connectivity index (χ3n) is 3.12. The van der Waals surface area contributed by atoms with E-state index in [4.69, 9.17) is 9.84 Å². The first-order chi connectivity index (χ1) is 8.09. The molecule has 94 valence electrons.